The minimum Gasteiger partial charge on any atom is -0.508 e. The monoisotopic (exact) mass is 1030 g/mol. The fourth-order valence-corrected chi connectivity index (χ4v) is 11.5. The smallest absolute Gasteiger partial charge is 0.123 e. The first-order valence-electron chi connectivity index (χ1n) is 25.2. The fourth-order valence-electron chi connectivity index (χ4n) is 11.5. The van der Waals surface area contributed by atoms with Crippen molar-refractivity contribution in [3.63, 3.8) is 0 Å². The van der Waals surface area contributed by atoms with Crippen molar-refractivity contribution >= 4 is 0 Å². The molecule has 77 heavy (non-hydrogen) atoms. The third-order valence-electron chi connectivity index (χ3n) is 15.4. The topological polar surface area (TPSA) is 243 Å². The highest BCUT2D eigenvalue weighted by Crippen LogP contribution is 2.55. The average molecular weight is 1040 g/mol. The van der Waals surface area contributed by atoms with Gasteiger partial charge in [0.25, 0.3) is 0 Å². The van der Waals surface area contributed by atoms with Gasteiger partial charge in [0.15, 0.2) is 0 Å². The van der Waals surface area contributed by atoms with Crippen LogP contribution in [0, 0.1) is 22.2 Å². The van der Waals surface area contributed by atoms with Crippen molar-refractivity contribution in [1.82, 2.24) is 0 Å². The minimum absolute atomic E-state index is 0.143. The molecule has 5 unspecified atom stereocenters. The lowest BCUT2D eigenvalue weighted by Gasteiger charge is -2.37. The van der Waals surface area contributed by atoms with Crippen LogP contribution in [0.2, 0.25) is 0 Å². The molecule has 0 aliphatic heterocycles. The lowest BCUT2D eigenvalue weighted by molar-refractivity contribution is 0.107. The number of allylic oxidation sites excluding steroid dienone is 19. The summed E-state index contributed by atoms with van der Waals surface area (Å²) in [5, 5.41) is 131. The van der Waals surface area contributed by atoms with E-state index < -0.39 is 45.5 Å². The molecule has 0 amide bonds. The highest BCUT2D eigenvalue weighted by Gasteiger charge is 2.42. The Kier molecular flexibility index (Phi) is 13.9. The van der Waals surface area contributed by atoms with Crippen molar-refractivity contribution in [3.8, 4) is 57.5 Å². The molecule has 394 valence electrons. The summed E-state index contributed by atoms with van der Waals surface area (Å²) in [6.45, 7) is 7.47. The molecule has 12 N–H and O–H groups in total. The number of hydrogen-bond acceptors (Lipinski definition) is 12. The fraction of sp³-hybridized carbons (Fsp3) is 0.200. The van der Waals surface area contributed by atoms with Crippen molar-refractivity contribution < 1.29 is 61.3 Å². The Balaban J connectivity index is 1.19. The van der Waals surface area contributed by atoms with Crippen LogP contribution in [0.3, 0.4) is 0 Å². The molecule has 0 bridgehead atoms. The maximum absolute atomic E-state index is 11.6. The van der Waals surface area contributed by atoms with E-state index in [0.29, 0.717) is 33.4 Å². The number of aliphatic hydroxyl groups excluding tert-OH is 1. The van der Waals surface area contributed by atoms with Gasteiger partial charge in [-0.05, 0) is 72.0 Å². The van der Waals surface area contributed by atoms with E-state index in [1.165, 1.54) is 66.7 Å². The minimum atomic E-state index is -1.31. The maximum Gasteiger partial charge on any atom is 0.123 e. The average Bonchev–Trinajstić information content (AvgIpc) is 3.84. The van der Waals surface area contributed by atoms with Gasteiger partial charge in [0.05, 0.1) is 5.60 Å². The Morgan fingerprint density at radius 2 is 0.662 bits per heavy atom. The van der Waals surface area contributed by atoms with Crippen LogP contribution in [0.15, 0.2) is 222 Å². The number of aromatic hydroxyl groups is 10. The van der Waals surface area contributed by atoms with E-state index in [2.05, 4.69) is 0 Å². The van der Waals surface area contributed by atoms with Crippen LogP contribution in [0.5, 0.6) is 57.5 Å². The Labute approximate surface area is 446 Å². The molecule has 0 saturated carbocycles. The van der Waals surface area contributed by atoms with Crippen molar-refractivity contribution in [2.45, 2.75) is 57.5 Å². The van der Waals surface area contributed by atoms with Crippen LogP contribution >= 0.6 is 0 Å². The molecule has 0 fully saturated rings. The van der Waals surface area contributed by atoms with E-state index in [4.69, 9.17) is 0 Å². The summed E-state index contributed by atoms with van der Waals surface area (Å²) in [6, 6.07) is 21.5. The quantitative estimate of drug-likeness (QED) is 0.0558. The van der Waals surface area contributed by atoms with Crippen LogP contribution in [-0.2, 0) is 0 Å². The Morgan fingerprint density at radius 1 is 0.377 bits per heavy atom. The summed E-state index contributed by atoms with van der Waals surface area (Å²) < 4.78 is 0. The SMILES string of the molecule is CC1(O)C=C(O)C(C(c2ccc(O)cc2O)C2(C)C=CC=C(C(C3=CC=CC(C)(C(c4ccc(O)cc4O)c4ccc(O)cc4O)C=C3)C3=CC=CC(C)(C(c4ccc(O)cc4O)c4ccc(O)cc4O)C=C3)C=C2)=CC1. The summed E-state index contributed by atoms with van der Waals surface area (Å²) in [7, 11) is 0. The summed E-state index contributed by atoms with van der Waals surface area (Å²) in [5.74, 6) is -4.71. The number of phenolic OH excluding ortho intramolecular Hbond substituents is 10. The second-order valence-corrected chi connectivity index (χ2v) is 21.4. The van der Waals surface area contributed by atoms with E-state index in [1.54, 1.807) is 43.3 Å². The number of aliphatic hydroxyl groups is 2. The summed E-state index contributed by atoms with van der Waals surface area (Å²) in [5.41, 5.74) is 0.638. The van der Waals surface area contributed by atoms with E-state index in [0.717, 1.165) is 16.7 Å². The molecule has 0 spiro atoms. The van der Waals surface area contributed by atoms with Crippen molar-refractivity contribution in [2.24, 2.45) is 22.2 Å². The molecule has 0 heterocycles. The number of hydrogen-bond donors (Lipinski definition) is 12. The van der Waals surface area contributed by atoms with Gasteiger partial charge in [0, 0.05) is 98.1 Å². The van der Waals surface area contributed by atoms with Gasteiger partial charge >= 0.3 is 0 Å². The lowest BCUT2D eigenvalue weighted by Crippen LogP contribution is -2.29. The maximum atomic E-state index is 11.6. The summed E-state index contributed by atoms with van der Waals surface area (Å²) in [4.78, 5) is 0. The van der Waals surface area contributed by atoms with Crippen LogP contribution in [0.4, 0.5) is 0 Å². The molecule has 9 rings (SSSR count). The first-order chi connectivity index (χ1) is 36.5. The summed E-state index contributed by atoms with van der Waals surface area (Å²) in [6.07, 6.45) is 32.9. The molecule has 12 heteroatoms. The number of rotatable bonds is 12. The van der Waals surface area contributed by atoms with Gasteiger partial charge in [0.1, 0.15) is 63.3 Å². The summed E-state index contributed by atoms with van der Waals surface area (Å²) >= 11 is 0. The molecular weight excluding hydrogens is 973 g/mol. The van der Waals surface area contributed by atoms with Gasteiger partial charge in [-0.15, -0.1) is 0 Å². The van der Waals surface area contributed by atoms with Gasteiger partial charge in [-0.25, -0.2) is 0 Å². The molecule has 4 aliphatic carbocycles. The first-order valence-corrected chi connectivity index (χ1v) is 25.2. The van der Waals surface area contributed by atoms with Crippen molar-refractivity contribution in [1.29, 1.82) is 0 Å². The molecular formula is C65H62O12. The van der Waals surface area contributed by atoms with Gasteiger partial charge in [-0.1, -0.05) is 148 Å². The number of benzene rings is 5. The third-order valence-corrected chi connectivity index (χ3v) is 15.4. The Bertz CT molecular complexity index is 3270. The highest BCUT2D eigenvalue weighted by molar-refractivity contribution is 5.60. The molecule has 5 aromatic carbocycles. The largest absolute Gasteiger partial charge is 0.508 e. The molecule has 0 radical (unpaired) electrons. The zero-order valence-electron chi connectivity index (χ0n) is 42.9. The van der Waals surface area contributed by atoms with E-state index in [9.17, 15) is 61.3 Å². The van der Waals surface area contributed by atoms with Gasteiger partial charge in [-0.3, -0.25) is 0 Å². The van der Waals surface area contributed by atoms with Gasteiger partial charge in [-0.2, -0.15) is 0 Å². The van der Waals surface area contributed by atoms with Crippen LogP contribution in [0.1, 0.15) is 79.7 Å². The number of phenols is 10. The Hall–Kier alpha value is -9.00. The third kappa shape index (κ3) is 10.5. The van der Waals surface area contributed by atoms with E-state index in [-0.39, 0.29) is 69.7 Å². The normalized spacial score (nSPS) is 23.8. The molecule has 5 atom stereocenters. The van der Waals surface area contributed by atoms with Crippen LogP contribution in [-0.4, -0.2) is 66.9 Å². The van der Waals surface area contributed by atoms with Crippen molar-refractivity contribution in [3.05, 3.63) is 250 Å². The second kappa shape index (κ2) is 20.3. The molecule has 0 saturated heterocycles. The molecule has 12 nitrogen and oxygen atoms in total. The molecule has 5 aromatic rings. The van der Waals surface area contributed by atoms with Crippen LogP contribution < -0.4 is 0 Å². The zero-order chi connectivity index (χ0) is 55.2. The van der Waals surface area contributed by atoms with Gasteiger partial charge in [0.2, 0.25) is 0 Å². The standard InChI is InChI=1S/C65H62O12/c1-62(59(46-16-11-41(66)32-52(46)71)47-17-12-42(67)33-53(47)72)25-5-8-38(21-28-62)58(39-9-6-26-63(2,29-22-39)60(48-18-13-43(68)34-54(48)73)49-19-14-44(69)35-55(49)74)40-10-7-27-64(3,30-23-40)61(50-20-15-45(70)36-56(50)75)51-24-31-65(4,77)37-57(51)76/h5-30,32-37,58-61,66-77H,31H2,1-4H3. The second-order valence-electron chi connectivity index (χ2n) is 21.4. The molecule has 0 aromatic heterocycles. The van der Waals surface area contributed by atoms with Crippen molar-refractivity contribution in [2.75, 3.05) is 0 Å². The lowest BCUT2D eigenvalue weighted by atomic mass is 9.67. The molecule has 4 aliphatic rings. The van der Waals surface area contributed by atoms with E-state index in [1.807, 2.05) is 112 Å². The predicted octanol–water partition coefficient (Wildman–Crippen LogP) is 12.8. The zero-order valence-corrected chi connectivity index (χ0v) is 42.9. The predicted molar refractivity (Wildman–Crippen MR) is 296 cm³/mol. The Morgan fingerprint density at radius 3 is 0.948 bits per heavy atom. The first kappa shape index (κ1) is 52.8. The highest BCUT2D eigenvalue weighted by atomic mass is 16.3. The van der Waals surface area contributed by atoms with E-state index >= 15 is 0 Å². The van der Waals surface area contributed by atoms with Crippen LogP contribution in [0.25, 0.3) is 0 Å². The van der Waals surface area contributed by atoms with Gasteiger partial charge < -0.3 is 61.3 Å².